The predicted molar refractivity (Wildman–Crippen MR) is 52.6 cm³/mol. The summed E-state index contributed by atoms with van der Waals surface area (Å²) in [5, 5.41) is 0. The molecule has 1 heterocycles. The molecule has 2 heteroatoms. The van der Waals surface area contributed by atoms with Crippen LogP contribution in [0.2, 0.25) is 0 Å². The highest BCUT2D eigenvalue weighted by Crippen LogP contribution is 2.11. The molecule has 0 bridgehead atoms. The van der Waals surface area contributed by atoms with E-state index >= 15 is 0 Å². The fraction of sp³-hybridized carbons (Fsp3) is 0.900. The summed E-state index contributed by atoms with van der Waals surface area (Å²) in [6, 6.07) is 0.459. The molecule has 1 radical (unpaired) electrons. The SMILES string of the molecule is CCCC[CH]N1CCC(N)CC1. The molecule has 0 saturated carbocycles. The third-order valence-corrected chi connectivity index (χ3v) is 2.52. The van der Waals surface area contributed by atoms with Crippen molar-refractivity contribution in [1.82, 2.24) is 4.90 Å². The molecule has 0 aromatic heterocycles. The molecule has 71 valence electrons. The molecule has 1 saturated heterocycles. The summed E-state index contributed by atoms with van der Waals surface area (Å²) in [5.41, 5.74) is 5.81. The minimum absolute atomic E-state index is 0.459. The molecule has 0 aromatic rings. The quantitative estimate of drug-likeness (QED) is 0.650. The first-order valence-corrected chi connectivity index (χ1v) is 5.16. The summed E-state index contributed by atoms with van der Waals surface area (Å²) >= 11 is 0. The summed E-state index contributed by atoms with van der Waals surface area (Å²) in [4.78, 5) is 2.43. The highest BCUT2D eigenvalue weighted by atomic mass is 15.1. The van der Waals surface area contributed by atoms with Gasteiger partial charge in [-0.1, -0.05) is 19.8 Å². The molecular formula is C10H21N2. The van der Waals surface area contributed by atoms with Crippen molar-refractivity contribution in [2.75, 3.05) is 13.1 Å². The largest absolute Gasteiger partial charge is 0.328 e. The molecule has 0 aliphatic carbocycles. The predicted octanol–water partition coefficient (Wildman–Crippen LogP) is 1.76. The Hall–Kier alpha value is -0.0800. The lowest BCUT2D eigenvalue weighted by Gasteiger charge is -2.29. The standard InChI is InChI=1S/C10H21N2/c1-2-3-4-7-12-8-5-10(11)6-9-12/h7,10H,2-6,8-9,11H2,1H3. The monoisotopic (exact) mass is 169 g/mol. The third-order valence-electron chi connectivity index (χ3n) is 2.52. The molecule has 12 heavy (non-hydrogen) atoms. The van der Waals surface area contributed by atoms with Crippen LogP contribution in [0, 0.1) is 6.54 Å². The molecule has 0 aromatic carbocycles. The van der Waals surface area contributed by atoms with Crippen LogP contribution in [0.5, 0.6) is 0 Å². The number of nitrogens with two attached hydrogens (primary N) is 1. The molecule has 0 atom stereocenters. The van der Waals surface area contributed by atoms with Gasteiger partial charge in [0.15, 0.2) is 0 Å². The second kappa shape index (κ2) is 5.55. The summed E-state index contributed by atoms with van der Waals surface area (Å²) in [6.07, 6.45) is 6.20. The van der Waals surface area contributed by atoms with Gasteiger partial charge in [-0.15, -0.1) is 0 Å². The Kier molecular flexibility index (Phi) is 4.62. The summed E-state index contributed by atoms with van der Waals surface area (Å²) in [7, 11) is 0. The van der Waals surface area contributed by atoms with Crippen LogP contribution in [0.15, 0.2) is 0 Å². The Morgan fingerprint density at radius 2 is 2.08 bits per heavy atom. The number of nitrogens with zero attached hydrogens (tertiary/aromatic N) is 1. The third kappa shape index (κ3) is 3.55. The zero-order chi connectivity index (χ0) is 8.81. The fourth-order valence-electron chi connectivity index (χ4n) is 1.58. The lowest BCUT2D eigenvalue weighted by molar-refractivity contribution is 0.249. The first kappa shape index (κ1) is 10.0. The first-order valence-electron chi connectivity index (χ1n) is 5.16. The molecule has 2 N–H and O–H groups in total. The number of rotatable bonds is 4. The number of hydrogen-bond donors (Lipinski definition) is 1. The summed E-state index contributed by atoms with van der Waals surface area (Å²) in [5.74, 6) is 0. The van der Waals surface area contributed by atoms with Gasteiger partial charge in [0.25, 0.3) is 0 Å². The maximum atomic E-state index is 5.81. The van der Waals surface area contributed by atoms with Gasteiger partial charge >= 0.3 is 0 Å². The van der Waals surface area contributed by atoms with Crippen molar-refractivity contribution in [1.29, 1.82) is 0 Å². The van der Waals surface area contributed by atoms with Crippen LogP contribution in [-0.4, -0.2) is 24.0 Å². The molecular weight excluding hydrogens is 148 g/mol. The Morgan fingerprint density at radius 3 is 2.67 bits per heavy atom. The number of piperidine rings is 1. The van der Waals surface area contributed by atoms with Crippen molar-refractivity contribution in [3.8, 4) is 0 Å². The van der Waals surface area contributed by atoms with Gasteiger partial charge in [-0.25, -0.2) is 0 Å². The topological polar surface area (TPSA) is 29.3 Å². The van der Waals surface area contributed by atoms with E-state index in [0.717, 1.165) is 0 Å². The second-order valence-corrected chi connectivity index (χ2v) is 3.70. The van der Waals surface area contributed by atoms with Gasteiger partial charge < -0.3 is 5.73 Å². The molecule has 1 rings (SSSR count). The van der Waals surface area contributed by atoms with Crippen LogP contribution in [0.25, 0.3) is 0 Å². The van der Waals surface area contributed by atoms with E-state index in [1.165, 1.54) is 45.2 Å². The molecule has 0 unspecified atom stereocenters. The smallest absolute Gasteiger partial charge is 0.0251 e. The zero-order valence-corrected chi connectivity index (χ0v) is 8.13. The number of likely N-dealkylation sites (tertiary alicyclic amines) is 1. The Bertz CT molecular complexity index is 106. The van der Waals surface area contributed by atoms with Gasteiger partial charge in [-0.2, -0.15) is 0 Å². The zero-order valence-electron chi connectivity index (χ0n) is 8.13. The Morgan fingerprint density at radius 1 is 1.42 bits per heavy atom. The molecule has 2 nitrogen and oxygen atoms in total. The van der Waals surface area contributed by atoms with Gasteiger partial charge in [0.1, 0.15) is 0 Å². The average molecular weight is 169 g/mol. The normalized spacial score (nSPS) is 21.5. The van der Waals surface area contributed by atoms with E-state index in [1.54, 1.807) is 0 Å². The highest BCUT2D eigenvalue weighted by Gasteiger charge is 2.14. The lowest BCUT2D eigenvalue weighted by atomic mass is 10.1. The average Bonchev–Trinajstić information content (AvgIpc) is 2.09. The van der Waals surface area contributed by atoms with Crippen molar-refractivity contribution >= 4 is 0 Å². The first-order chi connectivity index (χ1) is 5.83. The van der Waals surface area contributed by atoms with Gasteiger partial charge in [-0.05, 0) is 32.4 Å². The van der Waals surface area contributed by atoms with Gasteiger partial charge in [0.05, 0.1) is 0 Å². The molecule has 0 amide bonds. The Balaban J connectivity index is 2.01. The van der Waals surface area contributed by atoms with Crippen LogP contribution < -0.4 is 5.73 Å². The van der Waals surface area contributed by atoms with E-state index in [9.17, 15) is 0 Å². The molecule has 1 aliphatic rings. The maximum Gasteiger partial charge on any atom is 0.0251 e. The minimum Gasteiger partial charge on any atom is -0.328 e. The highest BCUT2D eigenvalue weighted by molar-refractivity contribution is 4.78. The summed E-state index contributed by atoms with van der Waals surface area (Å²) in [6.45, 7) is 6.94. The van der Waals surface area contributed by atoms with Crippen molar-refractivity contribution in [3.05, 3.63) is 6.54 Å². The molecule has 1 fully saturated rings. The van der Waals surface area contributed by atoms with Gasteiger partial charge in [-0.3, -0.25) is 4.90 Å². The van der Waals surface area contributed by atoms with Crippen LogP contribution >= 0.6 is 0 Å². The second-order valence-electron chi connectivity index (χ2n) is 3.70. The summed E-state index contributed by atoms with van der Waals surface area (Å²) < 4.78 is 0. The van der Waals surface area contributed by atoms with E-state index in [1.807, 2.05) is 0 Å². The van der Waals surface area contributed by atoms with Gasteiger partial charge in [0.2, 0.25) is 0 Å². The van der Waals surface area contributed by atoms with Crippen LogP contribution in [0.1, 0.15) is 39.0 Å². The van der Waals surface area contributed by atoms with Crippen molar-refractivity contribution in [2.45, 2.75) is 45.1 Å². The van der Waals surface area contributed by atoms with Crippen molar-refractivity contribution in [3.63, 3.8) is 0 Å². The lowest BCUT2D eigenvalue weighted by Crippen LogP contribution is -2.38. The molecule has 1 aliphatic heterocycles. The van der Waals surface area contributed by atoms with Crippen molar-refractivity contribution in [2.24, 2.45) is 5.73 Å². The minimum atomic E-state index is 0.459. The van der Waals surface area contributed by atoms with E-state index in [4.69, 9.17) is 5.73 Å². The van der Waals surface area contributed by atoms with Crippen LogP contribution in [0.4, 0.5) is 0 Å². The number of hydrogen-bond acceptors (Lipinski definition) is 2. The van der Waals surface area contributed by atoms with Crippen molar-refractivity contribution < 1.29 is 0 Å². The van der Waals surface area contributed by atoms with E-state index in [0.29, 0.717) is 6.04 Å². The molecule has 0 spiro atoms. The van der Waals surface area contributed by atoms with Crippen LogP contribution in [0.3, 0.4) is 0 Å². The van der Waals surface area contributed by atoms with Gasteiger partial charge in [0, 0.05) is 12.6 Å². The van der Waals surface area contributed by atoms with E-state index in [-0.39, 0.29) is 0 Å². The number of unbranched alkanes of at least 4 members (excludes halogenated alkanes) is 2. The Labute approximate surface area is 76.1 Å². The van der Waals surface area contributed by atoms with Crippen LogP contribution in [-0.2, 0) is 0 Å². The van der Waals surface area contributed by atoms with E-state index in [2.05, 4.69) is 18.4 Å². The van der Waals surface area contributed by atoms with E-state index < -0.39 is 0 Å². The maximum absolute atomic E-state index is 5.81. The fourth-order valence-corrected chi connectivity index (χ4v) is 1.58.